The van der Waals surface area contributed by atoms with Gasteiger partial charge in [-0.25, -0.2) is 0 Å². The molecule has 16 heavy (non-hydrogen) atoms. The molecule has 0 fully saturated rings. The molecule has 0 aliphatic carbocycles. The Morgan fingerprint density at radius 1 is 1.31 bits per heavy atom. The minimum absolute atomic E-state index is 0.251. The smallest absolute Gasteiger partial charge is 0.144 e. The second-order valence-electron chi connectivity index (χ2n) is 6.16. The summed E-state index contributed by atoms with van der Waals surface area (Å²) in [6.07, 6.45) is 0.851. The Labute approximate surface area is 99.3 Å². The highest BCUT2D eigenvalue weighted by Gasteiger charge is 2.24. The molecule has 0 spiro atoms. The summed E-state index contributed by atoms with van der Waals surface area (Å²) >= 11 is 0. The fraction of sp³-hybridized carbons (Fsp3) is 0.917. The maximum atomic E-state index is 8.65. The number of hydrogen-bond donors (Lipinski definition) is 3. The van der Waals surface area contributed by atoms with Crippen LogP contribution in [0, 0.1) is 10.8 Å². The van der Waals surface area contributed by atoms with Crippen molar-refractivity contribution >= 4 is 5.84 Å². The predicted octanol–water partition coefficient (Wildman–Crippen LogP) is 2.17. The van der Waals surface area contributed by atoms with Gasteiger partial charge in [-0.15, -0.1) is 0 Å². The lowest BCUT2D eigenvalue weighted by Crippen LogP contribution is -2.41. The van der Waals surface area contributed by atoms with Gasteiger partial charge >= 0.3 is 0 Å². The monoisotopic (exact) mass is 229 g/mol. The number of oxime groups is 1. The van der Waals surface area contributed by atoms with Gasteiger partial charge in [0.1, 0.15) is 5.84 Å². The second kappa shape index (κ2) is 5.53. The van der Waals surface area contributed by atoms with Gasteiger partial charge < -0.3 is 16.3 Å². The van der Waals surface area contributed by atoms with Crippen LogP contribution in [0.5, 0.6) is 0 Å². The molecule has 0 rings (SSSR count). The number of hydrogen-bond acceptors (Lipinski definition) is 3. The van der Waals surface area contributed by atoms with Gasteiger partial charge in [0.2, 0.25) is 0 Å². The zero-order chi connectivity index (χ0) is 13.0. The van der Waals surface area contributed by atoms with E-state index in [4.69, 9.17) is 10.9 Å². The van der Waals surface area contributed by atoms with Gasteiger partial charge in [-0.2, -0.15) is 0 Å². The Kier molecular flexibility index (Phi) is 5.26. The number of rotatable bonds is 5. The van der Waals surface area contributed by atoms with Gasteiger partial charge in [-0.3, -0.25) is 0 Å². The molecule has 1 unspecified atom stereocenters. The molecule has 4 heteroatoms. The molecule has 96 valence electrons. The van der Waals surface area contributed by atoms with Gasteiger partial charge in [-0.05, 0) is 25.3 Å². The first-order valence-electron chi connectivity index (χ1n) is 5.82. The van der Waals surface area contributed by atoms with Crippen LogP contribution in [0.15, 0.2) is 5.16 Å². The van der Waals surface area contributed by atoms with Crippen molar-refractivity contribution in [2.24, 2.45) is 21.7 Å². The molecule has 0 saturated carbocycles. The molecule has 0 aromatic rings. The van der Waals surface area contributed by atoms with Crippen LogP contribution in [-0.2, 0) is 0 Å². The van der Waals surface area contributed by atoms with Crippen molar-refractivity contribution in [1.82, 2.24) is 5.32 Å². The lowest BCUT2D eigenvalue weighted by atomic mass is 9.86. The SMILES string of the molecule is CC(NCCC(C)(C)C(N)=NO)C(C)(C)C. The molecule has 0 radical (unpaired) electrons. The first-order chi connectivity index (χ1) is 7.11. The van der Waals surface area contributed by atoms with Crippen LogP contribution in [-0.4, -0.2) is 23.6 Å². The van der Waals surface area contributed by atoms with Crippen LogP contribution in [0.25, 0.3) is 0 Å². The molecule has 0 saturated heterocycles. The number of amidine groups is 1. The zero-order valence-electron chi connectivity index (χ0n) is 11.5. The van der Waals surface area contributed by atoms with Crippen molar-refractivity contribution in [1.29, 1.82) is 0 Å². The van der Waals surface area contributed by atoms with Crippen molar-refractivity contribution in [3.05, 3.63) is 0 Å². The Balaban J connectivity index is 4.09. The largest absolute Gasteiger partial charge is 0.409 e. The Bertz CT molecular complexity index is 241. The molecule has 1 atom stereocenters. The Morgan fingerprint density at radius 2 is 1.81 bits per heavy atom. The summed E-state index contributed by atoms with van der Waals surface area (Å²) in [5.41, 5.74) is 5.61. The number of nitrogens with one attached hydrogen (secondary N) is 1. The minimum Gasteiger partial charge on any atom is -0.409 e. The van der Waals surface area contributed by atoms with E-state index in [1.54, 1.807) is 0 Å². The predicted molar refractivity (Wildman–Crippen MR) is 68.7 cm³/mol. The van der Waals surface area contributed by atoms with Gasteiger partial charge in [0, 0.05) is 11.5 Å². The van der Waals surface area contributed by atoms with E-state index in [-0.39, 0.29) is 16.7 Å². The molecule has 4 N–H and O–H groups in total. The molecule has 0 aromatic carbocycles. The van der Waals surface area contributed by atoms with Crippen LogP contribution in [0.4, 0.5) is 0 Å². The van der Waals surface area contributed by atoms with E-state index in [9.17, 15) is 0 Å². The van der Waals surface area contributed by atoms with E-state index in [1.807, 2.05) is 13.8 Å². The summed E-state index contributed by atoms with van der Waals surface area (Å²) in [5, 5.41) is 15.2. The standard InChI is InChI=1S/C12H27N3O/c1-9(11(2,3)4)14-8-7-12(5,6)10(13)15-16/h9,14,16H,7-8H2,1-6H3,(H2,13,15). The first kappa shape index (κ1) is 15.2. The molecule has 0 heterocycles. The van der Waals surface area contributed by atoms with Crippen LogP contribution in [0.1, 0.15) is 48.0 Å². The van der Waals surface area contributed by atoms with Crippen LogP contribution < -0.4 is 11.1 Å². The zero-order valence-corrected chi connectivity index (χ0v) is 11.5. The van der Waals surface area contributed by atoms with E-state index >= 15 is 0 Å². The van der Waals surface area contributed by atoms with E-state index < -0.39 is 0 Å². The minimum atomic E-state index is -0.265. The topological polar surface area (TPSA) is 70.6 Å². The van der Waals surface area contributed by atoms with Crippen LogP contribution >= 0.6 is 0 Å². The number of nitrogens with zero attached hydrogens (tertiary/aromatic N) is 1. The lowest BCUT2D eigenvalue weighted by molar-refractivity contribution is 0.273. The van der Waals surface area contributed by atoms with Gasteiger partial charge in [0.05, 0.1) is 0 Å². The van der Waals surface area contributed by atoms with E-state index in [2.05, 4.69) is 38.2 Å². The highest BCUT2D eigenvalue weighted by Crippen LogP contribution is 2.21. The highest BCUT2D eigenvalue weighted by molar-refractivity contribution is 5.85. The van der Waals surface area contributed by atoms with Gasteiger partial charge in [0.15, 0.2) is 0 Å². The molecule has 4 nitrogen and oxygen atoms in total. The third kappa shape index (κ3) is 4.84. The fourth-order valence-electron chi connectivity index (χ4n) is 1.17. The molecular formula is C12H27N3O. The average Bonchev–Trinajstić information content (AvgIpc) is 2.14. The molecule has 0 aliphatic heterocycles. The normalized spacial score (nSPS) is 16.2. The second-order valence-corrected chi connectivity index (χ2v) is 6.16. The Hall–Kier alpha value is -0.770. The first-order valence-corrected chi connectivity index (χ1v) is 5.82. The summed E-state index contributed by atoms with van der Waals surface area (Å²) in [4.78, 5) is 0. The maximum Gasteiger partial charge on any atom is 0.144 e. The Morgan fingerprint density at radius 3 is 2.19 bits per heavy atom. The third-order valence-electron chi connectivity index (χ3n) is 3.30. The van der Waals surface area contributed by atoms with Crippen molar-refractivity contribution in [2.45, 2.75) is 54.0 Å². The van der Waals surface area contributed by atoms with Gasteiger partial charge in [0.25, 0.3) is 0 Å². The molecule has 0 bridgehead atoms. The van der Waals surface area contributed by atoms with Crippen molar-refractivity contribution in [2.75, 3.05) is 6.54 Å². The van der Waals surface area contributed by atoms with Crippen molar-refractivity contribution in [3.8, 4) is 0 Å². The third-order valence-corrected chi connectivity index (χ3v) is 3.30. The lowest BCUT2D eigenvalue weighted by Gasteiger charge is -2.30. The fourth-order valence-corrected chi connectivity index (χ4v) is 1.17. The summed E-state index contributed by atoms with van der Waals surface area (Å²) < 4.78 is 0. The van der Waals surface area contributed by atoms with Gasteiger partial charge in [-0.1, -0.05) is 39.8 Å². The van der Waals surface area contributed by atoms with E-state index in [0.29, 0.717) is 6.04 Å². The average molecular weight is 229 g/mol. The van der Waals surface area contributed by atoms with Crippen LogP contribution in [0.2, 0.25) is 0 Å². The molecule has 0 aliphatic rings. The molecule has 0 amide bonds. The summed E-state index contributed by atoms with van der Waals surface area (Å²) in [5.74, 6) is 0.290. The highest BCUT2D eigenvalue weighted by atomic mass is 16.4. The van der Waals surface area contributed by atoms with E-state index in [0.717, 1.165) is 13.0 Å². The van der Waals surface area contributed by atoms with E-state index in [1.165, 1.54) is 0 Å². The molecule has 0 aromatic heterocycles. The molecular weight excluding hydrogens is 202 g/mol. The maximum absolute atomic E-state index is 8.65. The number of nitrogens with two attached hydrogens (primary N) is 1. The quantitative estimate of drug-likeness (QED) is 0.293. The van der Waals surface area contributed by atoms with Crippen molar-refractivity contribution in [3.63, 3.8) is 0 Å². The summed E-state index contributed by atoms with van der Waals surface area (Å²) in [6.45, 7) is 13.6. The summed E-state index contributed by atoms with van der Waals surface area (Å²) in [6, 6.07) is 0.440. The van der Waals surface area contributed by atoms with Crippen LogP contribution in [0.3, 0.4) is 0 Å². The van der Waals surface area contributed by atoms with Crippen molar-refractivity contribution < 1.29 is 5.21 Å². The summed E-state index contributed by atoms with van der Waals surface area (Å²) in [7, 11) is 0.